The van der Waals surface area contributed by atoms with Crippen molar-refractivity contribution in [1.82, 2.24) is 4.31 Å². The monoisotopic (exact) mass is 518 g/mol. The number of ether oxygens (including phenoxy) is 1. The fourth-order valence-corrected chi connectivity index (χ4v) is 5.00. The molecule has 1 N–H and O–H groups in total. The van der Waals surface area contributed by atoms with Gasteiger partial charge in [0, 0.05) is 12.2 Å². The lowest BCUT2D eigenvalue weighted by atomic mass is 10.2. The van der Waals surface area contributed by atoms with Gasteiger partial charge in [-0.1, -0.05) is 60.2 Å². The Labute approximate surface area is 216 Å². The highest BCUT2D eigenvalue weighted by molar-refractivity contribution is 7.89. The minimum atomic E-state index is -4.00. The number of rotatable bonds is 10. The van der Waals surface area contributed by atoms with Crippen LogP contribution in [0.1, 0.15) is 16.7 Å². The van der Waals surface area contributed by atoms with Gasteiger partial charge in [-0.05, 0) is 66.6 Å². The molecule has 0 unspecified atom stereocenters. The van der Waals surface area contributed by atoms with E-state index in [2.05, 4.69) is 5.32 Å². The lowest BCUT2D eigenvalue weighted by Crippen LogP contribution is -2.37. The molecule has 6 nitrogen and oxygen atoms in total. The van der Waals surface area contributed by atoms with Crippen LogP contribution in [0.5, 0.6) is 5.75 Å². The molecule has 0 heterocycles. The fourth-order valence-electron chi connectivity index (χ4n) is 3.61. The highest BCUT2D eigenvalue weighted by atomic mass is 32.2. The summed E-state index contributed by atoms with van der Waals surface area (Å²) in [6, 6.07) is 28.5. The Morgan fingerprint density at radius 1 is 0.838 bits per heavy atom. The van der Waals surface area contributed by atoms with E-state index in [9.17, 15) is 17.6 Å². The zero-order valence-corrected chi connectivity index (χ0v) is 21.1. The average molecular weight is 519 g/mol. The van der Waals surface area contributed by atoms with Crippen molar-refractivity contribution in [1.29, 1.82) is 0 Å². The second-order valence-electron chi connectivity index (χ2n) is 8.56. The Morgan fingerprint density at radius 3 is 2.14 bits per heavy atom. The molecule has 0 atom stereocenters. The molecule has 0 bridgehead atoms. The van der Waals surface area contributed by atoms with Crippen molar-refractivity contribution in [2.45, 2.75) is 25.0 Å². The van der Waals surface area contributed by atoms with Crippen molar-refractivity contribution in [2.24, 2.45) is 0 Å². The lowest BCUT2D eigenvalue weighted by Gasteiger charge is -2.22. The van der Waals surface area contributed by atoms with Gasteiger partial charge < -0.3 is 10.1 Å². The summed E-state index contributed by atoms with van der Waals surface area (Å²) < 4.78 is 47.0. The molecule has 0 saturated carbocycles. The minimum absolute atomic E-state index is 0.0768. The predicted molar refractivity (Wildman–Crippen MR) is 141 cm³/mol. The first kappa shape index (κ1) is 26.1. The van der Waals surface area contributed by atoms with E-state index in [1.807, 2.05) is 37.3 Å². The zero-order chi connectivity index (χ0) is 26.3. The second kappa shape index (κ2) is 11.8. The molecule has 1 amide bonds. The van der Waals surface area contributed by atoms with Crippen LogP contribution in [0.15, 0.2) is 108 Å². The molecule has 4 aromatic carbocycles. The Hall–Kier alpha value is -4.01. The van der Waals surface area contributed by atoms with Crippen molar-refractivity contribution in [3.05, 3.63) is 126 Å². The number of carbonyl (C=O) groups excluding carboxylic acids is 1. The third kappa shape index (κ3) is 7.25. The lowest BCUT2D eigenvalue weighted by molar-refractivity contribution is -0.116. The summed E-state index contributed by atoms with van der Waals surface area (Å²) in [5.41, 5.74) is 3.02. The number of benzene rings is 4. The number of halogens is 1. The van der Waals surface area contributed by atoms with Gasteiger partial charge in [-0.15, -0.1) is 0 Å². The van der Waals surface area contributed by atoms with Gasteiger partial charge in [-0.2, -0.15) is 4.31 Å². The van der Waals surface area contributed by atoms with Crippen molar-refractivity contribution >= 4 is 21.6 Å². The highest BCUT2D eigenvalue weighted by Gasteiger charge is 2.27. The Kier molecular flexibility index (Phi) is 8.32. The molecule has 0 fully saturated rings. The average Bonchev–Trinajstić information content (AvgIpc) is 2.90. The summed E-state index contributed by atoms with van der Waals surface area (Å²) in [7, 11) is -4.00. The summed E-state index contributed by atoms with van der Waals surface area (Å²) >= 11 is 0. The normalized spacial score (nSPS) is 11.3. The van der Waals surface area contributed by atoms with Crippen LogP contribution in [0.3, 0.4) is 0 Å². The molecule has 4 rings (SSSR count). The van der Waals surface area contributed by atoms with E-state index < -0.39 is 28.3 Å². The van der Waals surface area contributed by atoms with Crippen molar-refractivity contribution < 1.29 is 22.3 Å². The Morgan fingerprint density at radius 2 is 1.49 bits per heavy atom. The number of amides is 1. The minimum Gasteiger partial charge on any atom is -0.489 e. The molecule has 8 heteroatoms. The maximum absolute atomic E-state index is 13.4. The third-order valence-corrected chi connectivity index (χ3v) is 7.44. The number of sulfonamides is 1. The van der Waals surface area contributed by atoms with Gasteiger partial charge in [0.1, 0.15) is 18.2 Å². The molecular weight excluding hydrogens is 491 g/mol. The number of carbonyl (C=O) groups is 1. The molecule has 0 aliphatic heterocycles. The Balaban J connectivity index is 1.45. The molecule has 0 spiro atoms. The van der Waals surface area contributed by atoms with Crippen LogP contribution in [-0.4, -0.2) is 25.2 Å². The van der Waals surface area contributed by atoms with Gasteiger partial charge in [-0.25, -0.2) is 12.8 Å². The quantitative estimate of drug-likeness (QED) is 0.299. The van der Waals surface area contributed by atoms with E-state index in [0.29, 0.717) is 23.6 Å². The smallest absolute Gasteiger partial charge is 0.243 e. The maximum atomic E-state index is 13.4. The second-order valence-corrected chi connectivity index (χ2v) is 10.5. The van der Waals surface area contributed by atoms with E-state index in [-0.39, 0.29) is 11.4 Å². The van der Waals surface area contributed by atoms with Crippen LogP contribution in [0.4, 0.5) is 10.1 Å². The van der Waals surface area contributed by atoms with Gasteiger partial charge >= 0.3 is 0 Å². The summed E-state index contributed by atoms with van der Waals surface area (Å²) in [6.07, 6.45) is 0. The summed E-state index contributed by atoms with van der Waals surface area (Å²) in [4.78, 5) is 13.0. The third-order valence-electron chi connectivity index (χ3n) is 5.64. The van der Waals surface area contributed by atoms with Crippen LogP contribution in [0.25, 0.3) is 0 Å². The van der Waals surface area contributed by atoms with E-state index >= 15 is 0 Å². The number of nitrogens with one attached hydrogen (secondary N) is 1. The van der Waals surface area contributed by atoms with Crippen LogP contribution in [0.2, 0.25) is 0 Å². The molecule has 0 aromatic heterocycles. The van der Waals surface area contributed by atoms with Gasteiger partial charge in [0.05, 0.1) is 11.4 Å². The SMILES string of the molecule is Cc1ccc(S(=O)(=O)N(CC(=O)Nc2ccc(OCc3ccccc3)cc2)Cc2ccc(F)cc2)cc1. The van der Waals surface area contributed by atoms with Gasteiger partial charge in [0.15, 0.2) is 0 Å². The van der Waals surface area contributed by atoms with E-state index in [4.69, 9.17) is 4.74 Å². The molecule has 0 saturated heterocycles. The van der Waals surface area contributed by atoms with Gasteiger partial charge in [-0.3, -0.25) is 4.79 Å². The van der Waals surface area contributed by atoms with Gasteiger partial charge in [0.2, 0.25) is 15.9 Å². The predicted octanol–water partition coefficient (Wildman–Crippen LogP) is 5.54. The molecule has 190 valence electrons. The van der Waals surface area contributed by atoms with Crippen LogP contribution in [-0.2, 0) is 28.0 Å². The number of hydrogen-bond donors (Lipinski definition) is 1. The van der Waals surface area contributed by atoms with Gasteiger partial charge in [0.25, 0.3) is 0 Å². The number of aryl methyl sites for hydroxylation is 1. The number of anilines is 1. The molecule has 0 radical (unpaired) electrons. The fraction of sp³-hybridized carbons (Fsp3) is 0.138. The van der Waals surface area contributed by atoms with E-state index in [1.165, 1.54) is 36.4 Å². The summed E-state index contributed by atoms with van der Waals surface area (Å²) in [5.74, 6) is -0.289. The summed E-state index contributed by atoms with van der Waals surface area (Å²) in [5, 5.41) is 2.74. The highest BCUT2D eigenvalue weighted by Crippen LogP contribution is 2.21. The first-order valence-corrected chi connectivity index (χ1v) is 13.1. The molecule has 4 aromatic rings. The summed E-state index contributed by atoms with van der Waals surface area (Å²) in [6.45, 7) is 1.77. The first-order chi connectivity index (χ1) is 17.8. The van der Waals surface area contributed by atoms with Crippen LogP contribution in [0, 0.1) is 12.7 Å². The molecular formula is C29H27FN2O4S. The molecule has 0 aliphatic carbocycles. The number of nitrogens with zero attached hydrogens (tertiary/aromatic N) is 1. The zero-order valence-electron chi connectivity index (χ0n) is 20.3. The van der Waals surface area contributed by atoms with E-state index in [0.717, 1.165) is 15.4 Å². The molecule has 0 aliphatic rings. The van der Waals surface area contributed by atoms with Crippen molar-refractivity contribution in [2.75, 3.05) is 11.9 Å². The van der Waals surface area contributed by atoms with Crippen molar-refractivity contribution in [3.63, 3.8) is 0 Å². The largest absolute Gasteiger partial charge is 0.489 e. The Bertz CT molecular complexity index is 1420. The maximum Gasteiger partial charge on any atom is 0.243 e. The molecule has 37 heavy (non-hydrogen) atoms. The van der Waals surface area contributed by atoms with E-state index in [1.54, 1.807) is 36.4 Å². The standard InChI is InChI=1S/C29H27FN2O4S/c1-22-7-17-28(18-8-22)37(34,35)32(19-23-9-11-25(30)12-10-23)20-29(33)31-26-13-15-27(16-14-26)36-21-24-5-3-2-4-6-24/h2-18H,19-21H2,1H3,(H,31,33). The van der Waals surface area contributed by atoms with Crippen LogP contribution >= 0.6 is 0 Å². The topological polar surface area (TPSA) is 75.7 Å². The number of hydrogen-bond acceptors (Lipinski definition) is 4. The van der Waals surface area contributed by atoms with Crippen LogP contribution < -0.4 is 10.1 Å². The van der Waals surface area contributed by atoms with Crippen molar-refractivity contribution in [3.8, 4) is 5.75 Å². The first-order valence-electron chi connectivity index (χ1n) is 11.7.